The summed E-state index contributed by atoms with van der Waals surface area (Å²) < 4.78 is 5.34. The maximum Gasteiger partial charge on any atom is 0.338 e. The molecule has 1 unspecified atom stereocenters. The lowest BCUT2D eigenvalue weighted by molar-refractivity contribution is 0.0502. The fourth-order valence-corrected chi connectivity index (χ4v) is 3.57. The summed E-state index contributed by atoms with van der Waals surface area (Å²) in [7, 11) is 0. The van der Waals surface area contributed by atoms with Gasteiger partial charge in [0.05, 0.1) is 29.5 Å². The zero-order valence-corrected chi connectivity index (χ0v) is 15.9. The van der Waals surface area contributed by atoms with E-state index < -0.39 is 0 Å². The van der Waals surface area contributed by atoms with Crippen LogP contribution in [0, 0.1) is 16.2 Å². The van der Waals surface area contributed by atoms with Gasteiger partial charge in [0.25, 0.3) is 0 Å². The molecule has 2 aromatic carbocycles. The quantitative estimate of drug-likeness (QED) is 0.396. The van der Waals surface area contributed by atoms with E-state index in [-0.39, 0.29) is 12.0 Å². The third-order valence-corrected chi connectivity index (χ3v) is 4.86. The summed E-state index contributed by atoms with van der Waals surface area (Å²) in [5, 5.41) is 12.6. The summed E-state index contributed by atoms with van der Waals surface area (Å²) in [5.74, 6) is -0.317. The molecule has 1 heterocycles. The highest BCUT2D eigenvalue weighted by atomic mass is 16.5. The van der Waals surface area contributed by atoms with Crippen LogP contribution in [0.15, 0.2) is 47.6 Å². The zero-order chi connectivity index (χ0) is 19.9. The van der Waals surface area contributed by atoms with Crippen molar-refractivity contribution in [2.75, 3.05) is 24.6 Å². The fourth-order valence-electron chi connectivity index (χ4n) is 3.57. The normalized spacial score (nSPS) is 13.5. The minimum atomic E-state index is -0.317. The number of carbonyl (C=O) groups is 1. The molecule has 0 saturated heterocycles. The average molecular weight is 377 g/mol. The van der Waals surface area contributed by atoms with Gasteiger partial charge >= 0.3 is 5.97 Å². The van der Waals surface area contributed by atoms with Crippen molar-refractivity contribution in [3.05, 3.63) is 69.6 Å². The molecule has 0 spiro atoms. The van der Waals surface area contributed by atoms with Crippen molar-refractivity contribution in [2.24, 2.45) is 5.18 Å². The van der Waals surface area contributed by atoms with Gasteiger partial charge in [-0.15, -0.1) is 0 Å². The van der Waals surface area contributed by atoms with Gasteiger partial charge in [-0.25, -0.2) is 4.79 Å². The Balaban J connectivity index is 1.59. The molecule has 28 heavy (non-hydrogen) atoms. The maximum atomic E-state index is 12.0. The van der Waals surface area contributed by atoms with Crippen molar-refractivity contribution < 1.29 is 9.53 Å². The molecule has 0 aromatic heterocycles. The number of benzene rings is 2. The van der Waals surface area contributed by atoms with E-state index in [4.69, 9.17) is 4.74 Å². The lowest BCUT2D eigenvalue weighted by atomic mass is 9.99. The Morgan fingerprint density at radius 1 is 1.32 bits per heavy atom. The molecule has 0 bridgehead atoms. The Labute approximate surface area is 164 Å². The number of ether oxygens (including phenoxy) is 1. The number of carbonyl (C=O) groups excluding carboxylic acids is 1. The first kappa shape index (κ1) is 19.6. The van der Waals surface area contributed by atoms with Crippen LogP contribution < -0.4 is 4.90 Å². The molecule has 0 radical (unpaired) electrons. The molecule has 2 aromatic rings. The SMILES string of the molecule is CC(Cc1cc(C#N)c2c(c1)CCN2CCCOC(=O)c1ccccc1)N=O. The highest BCUT2D eigenvalue weighted by molar-refractivity contribution is 5.89. The number of fused-ring (bicyclic) bond motifs is 1. The number of hydrogen-bond acceptors (Lipinski definition) is 6. The third kappa shape index (κ3) is 4.55. The van der Waals surface area contributed by atoms with E-state index in [1.54, 1.807) is 31.2 Å². The largest absolute Gasteiger partial charge is 0.462 e. The number of rotatable bonds is 8. The molecule has 1 aliphatic heterocycles. The molecule has 0 N–H and O–H groups in total. The number of nitriles is 1. The molecule has 1 atom stereocenters. The molecule has 0 fully saturated rings. The van der Waals surface area contributed by atoms with Crippen LogP contribution in [-0.2, 0) is 17.6 Å². The maximum absolute atomic E-state index is 12.0. The Morgan fingerprint density at radius 2 is 2.11 bits per heavy atom. The van der Waals surface area contributed by atoms with Crippen molar-refractivity contribution >= 4 is 11.7 Å². The van der Waals surface area contributed by atoms with Gasteiger partial charge in [-0.1, -0.05) is 29.4 Å². The Bertz CT molecular complexity index is 890. The van der Waals surface area contributed by atoms with Crippen molar-refractivity contribution in [3.63, 3.8) is 0 Å². The summed E-state index contributed by atoms with van der Waals surface area (Å²) in [6.07, 6.45) is 2.10. The smallest absolute Gasteiger partial charge is 0.338 e. The Morgan fingerprint density at radius 3 is 2.82 bits per heavy atom. The molecule has 6 nitrogen and oxygen atoms in total. The van der Waals surface area contributed by atoms with Crippen LogP contribution in [0.5, 0.6) is 0 Å². The van der Waals surface area contributed by atoms with E-state index in [0.29, 0.717) is 30.6 Å². The van der Waals surface area contributed by atoms with Gasteiger partial charge in [-0.3, -0.25) is 0 Å². The Kier molecular flexibility index (Phi) is 6.38. The predicted octanol–water partition coefficient (Wildman–Crippen LogP) is 3.87. The van der Waals surface area contributed by atoms with Crippen LogP contribution in [0.3, 0.4) is 0 Å². The van der Waals surface area contributed by atoms with E-state index >= 15 is 0 Å². The van der Waals surface area contributed by atoms with E-state index in [2.05, 4.69) is 22.2 Å². The van der Waals surface area contributed by atoms with Gasteiger partial charge in [-0.05, 0) is 55.5 Å². The monoisotopic (exact) mass is 377 g/mol. The van der Waals surface area contributed by atoms with Crippen LogP contribution in [-0.4, -0.2) is 31.7 Å². The van der Waals surface area contributed by atoms with E-state index in [0.717, 1.165) is 36.3 Å². The number of nitrogens with zero attached hydrogens (tertiary/aromatic N) is 3. The minimum absolute atomic E-state index is 0.304. The molecule has 0 saturated carbocycles. The highest BCUT2D eigenvalue weighted by Crippen LogP contribution is 2.33. The number of nitroso groups, excluding NO2 is 1. The molecule has 0 amide bonds. The number of esters is 1. The number of hydrogen-bond donors (Lipinski definition) is 0. The summed E-state index contributed by atoms with van der Waals surface area (Å²) in [4.78, 5) is 24.8. The van der Waals surface area contributed by atoms with Crippen molar-refractivity contribution in [2.45, 2.75) is 32.2 Å². The summed E-state index contributed by atoms with van der Waals surface area (Å²) in [6, 6.07) is 14.8. The zero-order valence-electron chi connectivity index (χ0n) is 15.9. The second-order valence-electron chi connectivity index (χ2n) is 7.01. The van der Waals surface area contributed by atoms with E-state index in [1.807, 2.05) is 12.1 Å². The standard InChI is InChI=1S/C22H23N3O3/c1-16(24-27)12-17-13-19-8-10-25(21(19)20(14-17)15-23)9-5-11-28-22(26)18-6-3-2-4-7-18/h2-4,6-7,13-14,16H,5,8-12H2,1H3. The molecular formula is C22H23N3O3. The van der Waals surface area contributed by atoms with Gasteiger partial charge in [0, 0.05) is 13.1 Å². The van der Waals surface area contributed by atoms with Crippen LogP contribution in [0.4, 0.5) is 5.69 Å². The van der Waals surface area contributed by atoms with E-state index in [1.165, 1.54) is 0 Å². The summed E-state index contributed by atoms with van der Waals surface area (Å²) in [6.45, 7) is 3.66. The van der Waals surface area contributed by atoms with E-state index in [9.17, 15) is 15.0 Å². The first-order chi connectivity index (χ1) is 13.6. The Hall–Kier alpha value is -3.20. The topological polar surface area (TPSA) is 82.8 Å². The lowest BCUT2D eigenvalue weighted by Gasteiger charge is -2.21. The highest BCUT2D eigenvalue weighted by Gasteiger charge is 2.23. The number of anilines is 1. The minimum Gasteiger partial charge on any atom is -0.462 e. The molecular weight excluding hydrogens is 354 g/mol. The van der Waals surface area contributed by atoms with Gasteiger partial charge in [0.15, 0.2) is 0 Å². The molecule has 1 aliphatic rings. The van der Waals surface area contributed by atoms with Crippen LogP contribution >= 0.6 is 0 Å². The summed E-state index contributed by atoms with van der Waals surface area (Å²) in [5.41, 5.74) is 4.25. The van der Waals surface area contributed by atoms with Gasteiger partial charge in [-0.2, -0.15) is 10.2 Å². The van der Waals surface area contributed by atoms with Crippen molar-refractivity contribution in [1.29, 1.82) is 5.26 Å². The molecule has 0 aliphatic carbocycles. The van der Waals surface area contributed by atoms with Crippen LogP contribution in [0.1, 0.15) is 40.4 Å². The van der Waals surface area contributed by atoms with Gasteiger partial charge < -0.3 is 9.64 Å². The first-order valence-electron chi connectivity index (χ1n) is 9.48. The first-order valence-corrected chi connectivity index (χ1v) is 9.48. The summed E-state index contributed by atoms with van der Waals surface area (Å²) >= 11 is 0. The van der Waals surface area contributed by atoms with Gasteiger partial charge in [0.2, 0.25) is 0 Å². The second kappa shape index (κ2) is 9.14. The molecule has 144 valence electrons. The van der Waals surface area contributed by atoms with Gasteiger partial charge in [0.1, 0.15) is 6.07 Å². The molecule has 6 heteroatoms. The van der Waals surface area contributed by atoms with Crippen molar-refractivity contribution in [1.82, 2.24) is 0 Å². The predicted molar refractivity (Wildman–Crippen MR) is 107 cm³/mol. The third-order valence-electron chi connectivity index (χ3n) is 4.86. The van der Waals surface area contributed by atoms with Crippen LogP contribution in [0.2, 0.25) is 0 Å². The fraction of sp³-hybridized carbons (Fsp3) is 0.364. The average Bonchev–Trinajstić information content (AvgIpc) is 3.13. The molecule has 3 rings (SSSR count). The lowest BCUT2D eigenvalue weighted by Crippen LogP contribution is -2.24. The van der Waals surface area contributed by atoms with Crippen molar-refractivity contribution in [3.8, 4) is 6.07 Å². The second-order valence-corrected chi connectivity index (χ2v) is 7.01. The van der Waals surface area contributed by atoms with Crippen LogP contribution in [0.25, 0.3) is 0 Å².